The molecule has 2 aliphatic rings. The molecule has 2 aromatic rings. The van der Waals surface area contributed by atoms with Crippen molar-refractivity contribution in [2.45, 2.75) is 32.6 Å². The molecule has 6 nitrogen and oxygen atoms in total. The Balaban J connectivity index is 1.84. The van der Waals surface area contributed by atoms with Crippen molar-refractivity contribution >= 4 is 45.0 Å². The monoisotopic (exact) mass is 481 g/mol. The van der Waals surface area contributed by atoms with Crippen LogP contribution in [0.15, 0.2) is 58.2 Å². The van der Waals surface area contributed by atoms with Gasteiger partial charge in [0.15, 0.2) is 0 Å². The highest BCUT2D eigenvalue weighted by molar-refractivity contribution is 9.10. The van der Waals surface area contributed by atoms with Crippen LogP contribution in [-0.2, 0) is 14.4 Å². The molecule has 0 spiro atoms. The lowest BCUT2D eigenvalue weighted by Gasteiger charge is -2.18. The van der Waals surface area contributed by atoms with E-state index in [1.807, 2.05) is 49.4 Å². The van der Waals surface area contributed by atoms with Crippen LogP contribution in [0, 0.1) is 6.92 Å². The molecule has 2 aliphatic heterocycles. The van der Waals surface area contributed by atoms with E-state index in [2.05, 4.69) is 28.2 Å². The Morgan fingerprint density at radius 1 is 1.03 bits per heavy atom. The summed E-state index contributed by atoms with van der Waals surface area (Å²) in [5, 5.41) is 3.11. The standard InChI is InChI=1S/C24H24BrN3O3/c1-4-5-12-28-18-11-6-14(2)13-17(18)19(23(28)30)20-21(24(31)27(3)22(20)29)26-16-9-7-15(25)8-10-16/h6-11,13,19,26H,4-5,12H2,1-3H3. The number of benzene rings is 2. The lowest BCUT2D eigenvalue weighted by molar-refractivity contribution is -0.136. The predicted molar refractivity (Wildman–Crippen MR) is 124 cm³/mol. The second kappa shape index (κ2) is 8.30. The molecule has 2 aromatic carbocycles. The summed E-state index contributed by atoms with van der Waals surface area (Å²) in [5.41, 5.74) is 3.65. The van der Waals surface area contributed by atoms with Crippen LogP contribution in [0.3, 0.4) is 0 Å². The number of hydrogen-bond acceptors (Lipinski definition) is 4. The fraction of sp³-hybridized carbons (Fsp3) is 0.292. The number of rotatable bonds is 6. The number of unbranched alkanes of at least 4 members (excludes halogenated alkanes) is 1. The molecule has 0 aromatic heterocycles. The van der Waals surface area contributed by atoms with Crippen molar-refractivity contribution in [3.8, 4) is 0 Å². The molecule has 7 heteroatoms. The Labute approximate surface area is 190 Å². The van der Waals surface area contributed by atoms with Gasteiger partial charge in [-0.1, -0.05) is 47.0 Å². The van der Waals surface area contributed by atoms with Crippen LogP contribution in [0.5, 0.6) is 0 Å². The number of anilines is 2. The van der Waals surface area contributed by atoms with Crippen molar-refractivity contribution in [3.05, 3.63) is 69.3 Å². The van der Waals surface area contributed by atoms with Crippen LogP contribution in [0.25, 0.3) is 0 Å². The molecule has 1 unspecified atom stereocenters. The maximum atomic E-state index is 13.5. The Bertz CT molecular complexity index is 1110. The molecule has 0 saturated heterocycles. The van der Waals surface area contributed by atoms with Crippen molar-refractivity contribution in [3.63, 3.8) is 0 Å². The minimum absolute atomic E-state index is 0.157. The van der Waals surface area contributed by atoms with Gasteiger partial charge in [-0.2, -0.15) is 0 Å². The van der Waals surface area contributed by atoms with Crippen LogP contribution < -0.4 is 10.2 Å². The number of fused-ring (bicyclic) bond motifs is 1. The first-order valence-corrected chi connectivity index (χ1v) is 11.1. The highest BCUT2D eigenvalue weighted by Gasteiger charge is 2.48. The molecule has 1 N–H and O–H groups in total. The number of nitrogens with one attached hydrogen (secondary N) is 1. The van der Waals surface area contributed by atoms with Gasteiger partial charge in [0.25, 0.3) is 11.8 Å². The minimum atomic E-state index is -0.800. The molecule has 0 aliphatic carbocycles. The summed E-state index contributed by atoms with van der Waals surface area (Å²) in [7, 11) is 1.45. The Morgan fingerprint density at radius 3 is 2.42 bits per heavy atom. The van der Waals surface area contributed by atoms with Gasteiger partial charge < -0.3 is 10.2 Å². The van der Waals surface area contributed by atoms with E-state index in [1.54, 1.807) is 4.90 Å². The number of halogens is 1. The molecule has 2 heterocycles. The third-order valence-electron chi connectivity index (χ3n) is 5.76. The summed E-state index contributed by atoms with van der Waals surface area (Å²) < 4.78 is 0.903. The van der Waals surface area contributed by atoms with Crippen LogP contribution >= 0.6 is 15.9 Å². The summed E-state index contributed by atoms with van der Waals surface area (Å²) in [6.07, 6.45) is 1.82. The lowest BCUT2D eigenvalue weighted by atomic mass is 9.90. The zero-order chi connectivity index (χ0) is 22.3. The van der Waals surface area contributed by atoms with Crippen molar-refractivity contribution < 1.29 is 14.4 Å². The topological polar surface area (TPSA) is 69.7 Å². The number of aryl methyl sites for hydroxylation is 1. The zero-order valence-corrected chi connectivity index (χ0v) is 19.3. The number of carbonyl (C=O) groups is 3. The summed E-state index contributed by atoms with van der Waals surface area (Å²) >= 11 is 3.40. The molecule has 1 atom stereocenters. The van der Waals surface area contributed by atoms with Crippen LogP contribution in [-0.4, -0.2) is 36.2 Å². The van der Waals surface area contributed by atoms with Crippen molar-refractivity contribution in [2.24, 2.45) is 0 Å². The summed E-state index contributed by atoms with van der Waals surface area (Å²) in [4.78, 5) is 42.5. The van der Waals surface area contributed by atoms with Gasteiger partial charge in [0.1, 0.15) is 5.70 Å². The van der Waals surface area contributed by atoms with Gasteiger partial charge in [-0.15, -0.1) is 0 Å². The van der Waals surface area contributed by atoms with E-state index in [-0.39, 0.29) is 17.2 Å². The molecular weight excluding hydrogens is 458 g/mol. The molecule has 31 heavy (non-hydrogen) atoms. The fourth-order valence-corrected chi connectivity index (χ4v) is 4.38. The molecule has 3 amide bonds. The Morgan fingerprint density at radius 2 is 1.74 bits per heavy atom. The molecule has 0 radical (unpaired) electrons. The Hall–Kier alpha value is -2.93. The zero-order valence-electron chi connectivity index (χ0n) is 17.7. The van der Waals surface area contributed by atoms with E-state index in [0.29, 0.717) is 12.2 Å². The third kappa shape index (κ3) is 3.67. The van der Waals surface area contributed by atoms with E-state index in [1.165, 1.54) is 7.05 Å². The smallest absolute Gasteiger partial charge is 0.277 e. The molecule has 0 bridgehead atoms. The predicted octanol–water partition coefficient (Wildman–Crippen LogP) is 4.35. The van der Waals surface area contributed by atoms with Gasteiger partial charge in [0.2, 0.25) is 5.91 Å². The maximum absolute atomic E-state index is 13.5. The van der Waals surface area contributed by atoms with E-state index < -0.39 is 17.7 Å². The van der Waals surface area contributed by atoms with E-state index >= 15 is 0 Å². The number of imide groups is 1. The molecular formula is C24H24BrN3O3. The number of likely N-dealkylation sites (N-methyl/N-ethyl adjacent to an activating group) is 1. The number of hydrogen-bond donors (Lipinski definition) is 1. The highest BCUT2D eigenvalue weighted by Crippen LogP contribution is 2.45. The quantitative estimate of drug-likeness (QED) is 0.622. The van der Waals surface area contributed by atoms with Crippen molar-refractivity contribution in [1.82, 2.24) is 4.90 Å². The maximum Gasteiger partial charge on any atom is 0.277 e. The van der Waals surface area contributed by atoms with E-state index in [0.717, 1.165) is 39.0 Å². The average Bonchev–Trinajstić information content (AvgIpc) is 3.12. The molecule has 0 fully saturated rings. The molecule has 4 rings (SSSR count). The minimum Gasteiger partial charge on any atom is -0.351 e. The first kappa shape index (κ1) is 21.3. The van der Waals surface area contributed by atoms with Gasteiger partial charge in [-0.25, -0.2) is 0 Å². The normalized spacial score (nSPS) is 18.3. The molecule has 160 valence electrons. The second-order valence-electron chi connectivity index (χ2n) is 7.93. The summed E-state index contributed by atoms with van der Waals surface area (Å²) in [5.74, 6) is -1.83. The fourth-order valence-electron chi connectivity index (χ4n) is 4.11. The van der Waals surface area contributed by atoms with E-state index in [4.69, 9.17) is 0 Å². The lowest BCUT2D eigenvalue weighted by Crippen LogP contribution is -2.32. The SMILES string of the molecule is CCCCN1C(=O)C(C2=C(Nc3ccc(Br)cc3)C(=O)N(C)C2=O)c2cc(C)ccc21. The largest absolute Gasteiger partial charge is 0.351 e. The Kier molecular flexibility index (Phi) is 5.71. The number of nitrogens with zero attached hydrogens (tertiary/aromatic N) is 2. The van der Waals surface area contributed by atoms with Crippen LogP contribution in [0.2, 0.25) is 0 Å². The van der Waals surface area contributed by atoms with Gasteiger partial charge in [-0.3, -0.25) is 19.3 Å². The van der Waals surface area contributed by atoms with Crippen LogP contribution in [0.4, 0.5) is 11.4 Å². The number of amides is 3. The molecule has 0 saturated carbocycles. The van der Waals surface area contributed by atoms with Gasteiger partial charge >= 0.3 is 0 Å². The first-order chi connectivity index (χ1) is 14.8. The summed E-state index contributed by atoms with van der Waals surface area (Å²) in [6.45, 7) is 4.62. The highest BCUT2D eigenvalue weighted by atomic mass is 79.9. The first-order valence-electron chi connectivity index (χ1n) is 10.3. The third-order valence-corrected chi connectivity index (χ3v) is 6.29. The van der Waals surface area contributed by atoms with Gasteiger partial charge in [0, 0.05) is 29.4 Å². The van der Waals surface area contributed by atoms with Gasteiger partial charge in [-0.05, 0) is 49.2 Å². The summed E-state index contributed by atoms with van der Waals surface area (Å²) in [6, 6.07) is 13.2. The van der Waals surface area contributed by atoms with Crippen molar-refractivity contribution in [2.75, 3.05) is 23.8 Å². The van der Waals surface area contributed by atoms with Crippen LogP contribution in [0.1, 0.15) is 36.8 Å². The average molecular weight is 482 g/mol. The van der Waals surface area contributed by atoms with Crippen molar-refractivity contribution in [1.29, 1.82) is 0 Å². The van der Waals surface area contributed by atoms with Gasteiger partial charge in [0.05, 0.1) is 11.5 Å². The second-order valence-corrected chi connectivity index (χ2v) is 8.84. The number of carbonyl (C=O) groups excluding carboxylic acids is 3. The van der Waals surface area contributed by atoms with E-state index in [9.17, 15) is 14.4 Å².